The summed E-state index contributed by atoms with van der Waals surface area (Å²) in [5.74, 6) is 2.81. The first-order chi connectivity index (χ1) is 14.1. The number of rotatable bonds is 6. The maximum absolute atomic E-state index is 13.1. The topological polar surface area (TPSA) is 84.0 Å². The van der Waals surface area contributed by atoms with E-state index >= 15 is 0 Å². The molecule has 0 aromatic carbocycles. The summed E-state index contributed by atoms with van der Waals surface area (Å²) >= 11 is 2.79. The number of nitrogens with zero attached hydrogens (tertiary/aromatic N) is 2. The average Bonchev–Trinajstić information content (AvgIpc) is 3.13. The van der Waals surface area contributed by atoms with Gasteiger partial charge in [-0.25, -0.2) is 0 Å². The first-order valence-corrected chi connectivity index (χ1v) is 13.0. The van der Waals surface area contributed by atoms with E-state index in [1.807, 2.05) is 0 Å². The van der Waals surface area contributed by atoms with Gasteiger partial charge in [-0.1, -0.05) is 42.4 Å². The maximum atomic E-state index is 13.1. The smallest absolute Gasteiger partial charge is 0.232 e. The molecule has 6 nitrogen and oxygen atoms in total. The Morgan fingerprint density at radius 3 is 2.31 bits per heavy atom. The van der Waals surface area contributed by atoms with E-state index in [1.54, 1.807) is 0 Å². The van der Waals surface area contributed by atoms with Crippen molar-refractivity contribution in [2.24, 2.45) is 23.2 Å². The van der Waals surface area contributed by atoms with Crippen LogP contribution < -0.4 is 10.6 Å². The van der Waals surface area contributed by atoms with Gasteiger partial charge in [0, 0.05) is 6.04 Å². The Hall–Kier alpha value is -1.15. The fraction of sp³-hybridized carbons (Fsp3) is 0.810. The zero-order valence-electron chi connectivity index (χ0n) is 16.8. The third kappa shape index (κ3) is 4.33. The van der Waals surface area contributed by atoms with Gasteiger partial charge in [-0.05, 0) is 69.1 Å². The third-order valence-electron chi connectivity index (χ3n) is 7.44. The van der Waals surface area contributed by atoms with Gasteiger partial charge in [0.05, 0.1) is 11.2 Å². The molecule has 8 heteroatoms. The Morgan fingerprint density at radius 2 is 1.66 bits per heavy atom. The predicted molar refractivity (Wildman–Crippen MR) is 115 cm³/mol. The van der Waals surface area contributed by atoms with Crippen LogP contribution in [0.4, 0.5) is 5.13 Å². The van der Waals surface area contributed by atoms with E-state index in [-0.39, 0.29) is 17.2 Å². The van der Waals surface area contributed by atoms with Gasteiger partial charge in [-0.15, -0.1) is 10.2 Å². The minimum Gasteiger partial charge on any atom is -0.353 e. The van der Waals surface area contributed by atoms with Crippen molar-refractivity contribution in [3.8, 4) is 0 Å². The molecule has 0 aliphatic heterocycles. The van der Waals surface area contributed by atoms with Crippen LogP contribution in [0.15, 0.2) is 4.34 Å². The molecule has 0 spiro atoms. The second-order valence-corrected chi connectivity index (χ2v) is 11.9. The second kappa shape index (κ2) is 8.17. The average molecular weight is 435 g/mol. The maximum Gasteiger partial charge on any atom is 0.232 e. The third-order valence-corrected chi connectivity index (χ3v) is 9.42. The van der Waals surface area contributed by atoms with Gasteiger partial charge in [0.1, 0.15) is 0 Å². The molecule has 4 bridgehead atoms. The largest absolute Gasteiger partial charge is 0.353 e. The first kappa shape index (κ1) is 19.8. The summed E-state index contributed by atoms with van der Waals surface area (Å²) in [4.78, 5) is 25.3. The van der Waals surface area contributed by atoms with Gasteiger partial charge in [0.15, 0.2) is 4.34 Å². The van der Waals surface area contributed by atoms with Crippen LogP contribution in [0.25, 0.3) is 0 Å². The number of carbonyl (C=O) groups is 2. The zero-order valence-corrected chi connectivity index (χ0v) is 18.5. The number of amides is 2. The standard InChI is InChI=1S/C21H30N4O2S2/c26-17(22-16-4-2-1-3-5-16)12-28-20-25-24-19(29-20)23-18(27)21-9-13-6-14(10-21)8-15(7-13)11-21/h13-16H,1-12H2,(H,22,26)(H,23,24,27). The highest BCUT2D eigenvalue weighted by atomic mass is 32.2. The predicted octanol–water partition coefficient (Wildman–Crippen LogP) is 4.23. The second-order valence-electron chi connectivity index (χ2n) is 9.72. The van der Waals surface area contributed by atoms with E-state index in [0.29, 0.717) is 16.9 Å². The first-order valence-electron chi connectivity index (χ1n) is 11.2. The van der Waals surface area contributed by atoms with Crippen molar-refractivity contribution in [3.63, 3.8) is 0 Å². The molecule has 1 heterocycles. The number of hydrogen-bond acceptors (Lipinski definition) is 6. The Labute approximate surface area is 180 Å². The summed E-state index contributed by atoms with van der Waals surface area (Å²) in [5.41, 5.74) is -0.173. The van der Waals surface area contributed by atoms with Crippen molar-refractivity contribution in [3.05, 3.63) is 0 Å². The molecule has 0 saturated heterocycles. The molecular formula is C21H30N4O2S2. The molecule has 5 aliphatic rings. The molecule has 158 valence electrons. The molecule has 1 aromatic rings. The fourth-order valence-corrected chi connectivity index (χ4v) is 8.14. The highest BCUT2D eigenvalue weighted by Gasteiger charge is 2.54. The normalized spacial score (nSPS) is 33.6. The highest BCUT2D eigenvalue weighted by molar-refractivity contribution is 8.01. The number of carbonyl (C=O) groups excluding carboxylic acids is 2. The minimum atomic E-state index is -0.173. The Kier molecular flexibility index (Phi) is 5.58. The molecule has 29 heavy (non-hydrogen) atoms. The number of thioether (sulfide) groups is 1. The quantitative estimate of drug-likeness (QED) is 0.517. The lowest BCUT2D eigenvalue weighted by molar-refractivity contribution is -0.140. The summed E-state index contributed by atoms with van der Waals surface area (Å²) < 4.78 is 0.740. The van der Waals surface area contributed by atoms with Crippen molar-refractivity contribution in [2.45, 2.75) is 81.0 Å². The van der Waals surface area contributed by atoms with E-state index in [2.05, 4.69) is 20.8 Å². The van der Waals surface area contributed by atoms with Gasteiger partial charge in [-0.2, -0.15) is 0 Å². The zero-order chi connectivity index (χ0) is 19.8. The number of hydrogen-bond donors (Lipinski definition) is 2. The van der Waals surface area contributed by atoms with Crippen LogP contribution in [0.5, 0.6) is 0 Å². The van der Waals surface area contributed by atoms with E-state index in [0.717, 1.165) is 54.2 Å². The van der Waals surface area contributed by atoms with Gasteiger partial charge in [-0.3, -0.25) is 9.59 Å². The SMILES string of the molecule is O=C(CSc1nnc(NC(=O)C23CC4CC(CC(C4)C2)C3)s1)NC1CCCCC1. The van der Waals surface area contributed by atoms with Crippen LogP contribution in [0.2, 0.25) is 0 Å². The molecule has 2 amide bonds. The van der Waals surface area contributed by atoms with Crippen molar-refractivity contribution < 1.29 is 9.59 Å². The van der Waals surface area contributed by atoms with Gasteiger partial charge >= 0.3 is 0 Å². The Balaban J connectivity index is 1.13. The number of aromatic nitrogens is 2. The molecular weight excluding hydrogens is 404 g/mol. The van der Waals surface area contributed by atoms with E-state index in [1.165, 1.54) is 61.6 Å². The number of nitrogens with one attached hydrogen (secondary N) is 2. The monoisotopic (exact) mass is 434 g/mol. The molecule has 6 rings (SSSR count). The van der Waals surface area contributed by atoms with E-state index in [4.69, 9.17) is 0 Å². The van der Waals surface area contributed by atoms with Crippen LogP contribution in [0.3, 0.4) is 0 Å². The Morgan fingerprint density at radius 1 is 1.00 bits per heavy atom. The molecule has 0 atom stereocenters. The minimum absolute atomic E-state index is 0.0660. The van der Waals surface area contributed by atoms with Crippen molar-refractivity contribution in [1.82, 2.24) is 15.5 Å². The van der Waals surface area contributed by atoms with Crippen LogP contribution >= 0.6 is 23.1 Å². The fourth-order valence-electron chi connectivity index (χ4n) is 6.58. The van der Waals surface area contributed by atoms with Gasteiger partial charge < -0.3 is 10.6 Å². The van der Waals surface area contributed by atoms with E-state index < -0.39 is 0 Å². The molecule has 2 N–H and O–H groups in total. The van der Waals surface area contributed by atoms with Crippen molar-refractivity contribution in [1.29, 1.82) is 0 Å². The summed E-state index contributed by atoms with van der Waals surface area (Å²) in [5, 5.41) is 15.1. The summed E-state index contributed by atoms with van der Waals surface area (Å²) in [6.07, 6.45) is 13.0. The van der Waals surface area contributed by atoms with Crippen LogP contribution in [0, 0.1) is 23.2 Å². The van der Waals surface area contributed by atoms with Crippen molar-refractivity contribution >= 4 is 40.0 Å². The molecule has 0 radical (unpaired) electrons. The summed E-state index contributed by atoms with van der Waals surface area (Å²) in [6.45, 7) is 0. The van der Waals surface area contributed by atoms with Crippen molar-refractivity contribution in [2.75, 3.05) is 11.1 Å². The number of anilines is 1. The molecule has 5 fully saturated rings. The van der Waals surface area contributed by atoms with Crippen LogP contribution in [0.1, 0.15) is 70.6 Å². The highest BCUT2D eigenvalue weighted by Crippen LogP contribution is 2.60. The molecule has 5 saturated carbocycles. The lowest BCUT2D eigenvalue weighted by Crippen LogP contribution is -2.51. The molecule has 5 aliphatic carbocycles. The van der Waals surface area contributed by atoms with Crippen LogP contribution in [-0.2, 0) is 9.59 Å². The van der Waals surface area contributed by atoms with E-state index in [9.17, 15) is 9.59 Å². The molecule has 0 unspecified atom stereocenters. The van der Waals surface area contributed by atoms with Gasteiger partial charge in [0.25, 0.3) is 0 Å². The van der Waals surface area contributed by atoms with Gasteiger partial charge in [0.2, 0.25) is 16.9 Å². The molecule has 1 aromatic heterocycles. The Bertz CT molecular complexity index is 739. The lowest BCUT2D eigenvalue weighted by atomic mass is 9.49. The lowest BCUT2D eigenvalue weighted by Gasteiger charge is -2.55. The summed E-state index contributed by atoms with van der Waals surface area (Å²) in [6, 6.07) is 0.335. The van der Waals surface area contributed by atoms with Crippen LogP contribution in [-0.4, -0.2) is 33.8 Å². The summed E-state index contributed by atoms with van der Waals surface area (Å²) in [7, 11) is 0.